The van der Waals surface area contributed by atoms with Gasteiger partial charge >= 0.3 is 0 Å². The molecule has 1 N–H and O–H groups in total. The molecule has 0 aliphatic carbocycles. The number of piperazine rings is 1. The van der Waals surface area contributed by atoms with E-state index in [1.54, 1.807) is 0 Å². The molecule has 0 bridgehead atoms. The normalized spacial score (nSPS) is 24.3. The first-order valence-corrected chi connectivity index (χ1v) is 6.66. The monoisotopic (exact) mass is 252 g/mol. The Morgan fingerprint density at radius 2 is 2.28 bits per heavy atom. The molecular formula is C13H24N4O. The lowest BCUT2D eigenvalue weighted by Gasteiger charge is -2.40. The van der Waals surface area contributed by atoms with Crippen molar-refractivity contribution in [2.75, 3.05) is 26.2 Å². The van der Waals surface area contributed by atoms with Gasteiger partial charge in [-0.3, -0.25) is 14.5 Å². The molecule has 0 spiro atoms. The van der Waals surface area contributed by atoms with Crippen LogP contribution in [-0.2, 0) is 13.6 Å². The minimum absolute atomic E-state index is 0.239. The molecule has 1 aliphatic heterocycles. The highest BCUT2D eigenvalue weighted by Crippen LogP contribution is 2.13. The molecule has 5 heteroatoms. The van der Waals surface area contributed by atoms with Gasteiger partial charge in [-0.25, -0.2) is 0 Å². The predicted octanol–water partition coefficient (Wildman–Crippen LogP) is 0.307. The quantitative estimate of drug-likeness (QED) is 0.837. The number of β-amino-alcohol motifs (C(OH)–C–C–N with tert-alkyl or cyclic N) is 1. The van der Waals surface area contributed by atoms with Crippen LogP contribution >= 0.6 is 0 Å². The van der Waals surface area contributed by atoms with Gasteiger partial charge in [0.1, 0.15) is 0 Å². The van der Waals surface area contributed by atoms with Crippen LogP contribution in [0.1, 0.15) is 19.4 Å². The van der Waals surface area contributed by atoms with Crippen molar-refractivity contribution >= 4 is 0 Å². The van der Waals surface area contributed by atoms with E-state index in [2.05, 4.69) is 28.0 Å². The van der Waals surface area contributed by atoms with Crippen LogP contribution in [0.25, 0.3) is 0 Å². The van der Waals surface area contributed by atoms with E-state index >= 15 is 0 Å². The molecule has 1 saturated heterocycles. The standard InChI is InChI=1S/C13H24N4O/c1-11-7-16(4-5-17(11)8-12(2)18)10-13-6-14-15(3)9-13/h6,9,11-12,18H,4-5,7-8,10H2,1-3H3/t11-,12-/m1/s1. The summed E-state index contributed by atoms with van der Waals surface area (Å²) in [6, 6.07) is 0.505. The van der Waals surface area contributed by atoms with Crippen LogP contribution in [0.3, 0.4) is 0 Å². The van der Waals surface area contributed by atoms with Gasteiger partial charge in [0.25, 0.3) is 0 Å². The second kappa shape index (κ2) is 5.82. The van der Waals surface area contributed by atoms with Crippen LogP contribution in [0.15, 0.2) is 12.4 Å². The fourth-order valence-corrected chi connectivity index (χ4v) is 2.64. The third kappa shape index (κ3) is 3.54. The van der Waals surface area contributed by atoms with E-state index in [1.807, 2.05) is 24.9 Å². The van der Waals surface area contributed by atoms with Gasteiger partial charge in [-0.15, -0.1) is 0 Å². The van der Waals surface area contributed by atoms with Crippen molar-refractivity contribution in [1.82, 2.24) is 19.6 Å². The maximum absolute atomic E-state index is 9.46. The smallest absolute Gasteiger partial charge is 0.0639 e. The zero-order valence-electron chi connectivity index (χ0n) is 11.6. The van der Waals surface area contributed by atoms with E-state index in [-0.39, 0.29) is 6.10 Å². The fourth-order valence-electron chi connectivity index (χ4n) is 2.64. The zero-order chi connectivity index (χ0) is 13.1. The van der Waals surface area contributed by atoms with Crippen LogP contribution in [-0.4, -0.2) is 63.0 Å². The Balaban J connectivity index is 1.84. The van der Waals surface area contributed by atoms with Gasteiger partial charge in [-0.1, -0.05) is 0 Å². The minimum atomic E-state index is -0.239. The summed E-state index contributed by atoms with van der Waals surface area (Å²) in [6.07, 6.45) is 3.77. The Morgan fingerprint density at radius 1 is 1.50 bits per heavy atom. The van der Waals surface area contributed by atoms with Crippen LogP contribution in [0.5, 0.6) is 0 Å². The van der Waals surface area contributed by atoms with E-state index in [0.717, 1.165) is 32.7 Å². The lowest BCUT2D eigenvalue weighted by atomic mass is 10.1. The summed E-state index contributed by atoms with van der Waals surface area (Å²) in [5, 5.41) is 13.7. The molecular weight excluding hydrogens is 228 g/mol. The minimum Gasteiger partial charge on any atom is -0.392 e. The molecule has 1 aromatic heterocycles. The third-order valence-electron chi connectivity index (χ3n) is 3.51. The number of aliphatic hydroxyl groups excluding tert-OH is 1. The average Bonchev–Trinajstić information content (AvgIpc) is 2.68. The molecule has 0 aromatic carbocycles. The Bertz CT molecular complexity index is 377. The molecule has 102 valence electrons. The Kier molecular flexibility index (Phi) is 4.37. The van der Waals surface area contributed by atoms with Gasteiger partial charge < -0.3 is 5.11 Å². The summed E-state index contributed by atoms with van der Waals surface area (Å²) < 4.78 is 1.85. The van der Waals surface area contributed by atoms with Gasteiger partial charge in [0.2, 0.25) is 0 Å². The first-order chi connectivity index (χ1) is 8.54. The first-order valence-electron chi connectivity index (χ1n) is 6.66. The molecule has 18 heavy (non-hydrogen) atoms. The Morgan fingerprint density at radius 3 is 2.83 bits per heavy atom. The second-order valence-electron chi connectivity index (χ2n) is 5.45. The fraction of sp³-hybridized carbons (Fsp3) is 0.769. The van der Waals surface area contributed by atoms with Gasteiger partial charge in [-0.2, -0.15) is 5.10 Å². The van der Waals surface area contributed by atoms with E-state index in [1.165, 1.54) is 5.56 Å². The molecule has 1 aromatic rings. The summed E-state index contributed by atoms with van der Waals surface area (Å²) in [5.74, 6) is 0. The molecule has 1 fully saturated rings. The second-order valence-corrected chi connectivity index (χ2v) is 5.45. The lowest BCUT2D eigenvalue weighted by molar-refractivity contribution is 0.0423. The number of aliphatic hydroxyl groups is 1. The predicted molar refractivity (Wildman–Crippen MR) is 71.2 cm³/mol. The maximum atomic E-state index is 9.46. The number of nitrogens with zero attached hydrogens (tertiary/aromatic N) is 4. The Labute approximate surface area is 109 Å². The van der Waals surface area contributed by atoms with E-state index in [9.17, 15) is 5.11 Å². The lowest BCUT2D eigenvalue weighted by Crippen LogP contribution is -2.53. The summed E-state index contributed by atoms with van der Waals surface area (Å²) in [4.78, 5) is 4.82. The Hall–Kier alpha value is -0.910. The summed E-state index contributed by atoms with van der Waals surface area (Å²) in [6.45, 7) is 9.00. The van der Waals surface area contributed by atoms with Crippen LogP contribution < -0.4 is 0 Å². The molecule has 2 rings (SSSR count). The van der Waals surface area contributed by atoms with Gasteiger partial charge in [-0.05, 0) is 13.8 Å². The van der Waals surface area contributed by atoms with Gasteiger partial charge in [0.15, 0.2) is 0 Å². The van der Waals surface area contributed by atoms with Crippen molar-refractivity contribution < 1.29 is 5.11 Å². The summed E-state index contributed by atoms with van der Waals surface area (Å²) in [5.41, 5.74) is 1.27. The summed E-state index contributed by atoms with van der Waals surface area (Å²) in [7, 11) is 1.95. The zero-order valence-corrected chi connectivity index (χ0v) is 11.6. The van der Waals surface area contributed by atoms with Crippen molar-refractivity contribution in [3.63, 3.8) is 0 Å². The van der Waals surface area contributed by atoms with Crippen LogP contribution in [0, 0.1) is 0 Å². The molecule has 0 radical (unpaired) electrons. The molecule has 0 unspecified atom stereocenters. The van der Waals surface area contributed by atoms with Crippen molar-refractivity contribution in [2.24, 2.45) is 7.05 Å². The van der Waals surface area contributed by atoms with E-state index in [4.69, 9.17) is 0 Å². The van der Waals surface area contributed by atoms with Gasteiger partial charge in [0, 0.05) is 57.6 Å². The average molecular weight is 252 g/mol. The third-order valence-corrected chi connectivity index (χ3v) is 3.51. The van der Waals surface area contributed by atoms with Crippen molar-refractivity contribution in [3.05, 3.63) is 18.0 Å². The SMILES string of the molecule is C[C@@H]1CN(Cc2cnn(C)c2)CCN1C[C@@H](C)O. The molecule has 1 aliphatic rings. The maximum Gasteiger partial charge on any atom is 0.0639 e. The van der Waals surface area contributed by atoms with Crippen LogP contribution in [0.2, 0.25) is 0 Å². The molecule has 0 amide bonds. The van der Waals surface area contributed by atoms with Gasteiger partial charge in [0.05, 0.1) is 12.3 Å². The van der Waals surface area contributed by atoms with E-state index in [0.29, 0.717) is 6.04 Å². The molecule has 0 saturated carbocycles. The highest BCUT2D eigenvalue weighted by molar-refractivity contribution is 5.03. The topological polar surface area (TPSA) is 44.5 Å². The molecule has 5 nitrogen and oxygen atoms in total. The van der Waals surface area contributed by atoms with Crippen molar-refractivity contribution in [3.8, 4) is 0 Å². The molecule has 2 heterocycles. The van der Waals surface area contributed by atoms with E-state index < -0.39 is 0 Å². The highest BCUT2D eigenvalue weighted by Gasteiger charge is 2.24. The largest absolute Gasteiger partial charge is 0.392 e. The van der Waals surface area contributed by atoms with Crippen molar-refractivity contribution in [2.45, 2.75) is 32.5 Å². The number of hydrogen-bond acceptors (Lipinski definition) is 4. The first kappa shape index (κ1) is 13.5. The molecule has 2 atom stereocenters. The number of rotatable bonds is 4. The number of aryl methyl sites for hydroxylation is 1. The van der Waals surface area contributed by atoms with Crippen molar-refractivity contribution in [1.29, 1.82) is 0 Å². The van der Waals surface area contributed by atoms with Crippen LogP contribution in [0.4, 0.5) is 0 Å². The highest BCUT2D eigenvalue weighted by atomic mass is 16.3. The summed E-state index contributed by atoms with van der Waals surface area (Å²) >= 11 is 0. The number of hydrogen-bond donors (Lipinski definition) is 1. The number of aromatic nitrogens is 2.